The van der Waals surface area contributed by atoms with Gasteiger partial charge in [-0.05, 0) is 35.9 Å². The number of hydrogen-bond donors (Lipinski definition) is 2. The maximum atomic E-state index is 4.22. The minimum atomic E-state index is 0.813. The third kappa shape index (κ3) is 2.59. The van der Waals surface area contributed by atoms with Crippen molar-refractivity contribution in [3.63, 3.8) is 0 Å². The molecular formula is C16H18N4. The van der Waals surface area contributed by atoms with Crippen molar-refractivity contribution in [2.24, 2.45) is 0 Å². The lowest BCUT2D eigenvalue weighted by Gasteiger charge is -2.13. The van der Waals surface area contributed by atoms with Crippen LogP contribution in [0.4, 0.5) is 11.4 Å². The highest BCUT2D eigenvalue weighted by Crippen LogP contribution is 2.17. The first-order valence-corrected chi connectivity index (χ1v) is 6.66. The van der Waals surface area contributed by atoms with Crippen LogP contribution >= 0.6 is 0 Å². The number of anilines is 2. The second-order valence-electron chi connectivity index (χ2n) is 5.05. The van der Waals surface area contributed by atoms with Crippen molar-refractivity contribution < 1.29 is 0 Å². The lowest BCUT2D eigenvalue weighted by molar-refractivity contribution is 1.11. The second kappa shape index (κ2) is 5.25. The van der Waals surface area contributed by atoms with Gasteiger partial charge in [-0.15, -0.1) is 0 Å². The fraction of sp³-hybridized carbons (Fsp3) is 0.188. The molecule has 0 atom stereocenters. The molecule has 0 fully saturated rings. The minimum absolute atomic E-state index is 0.813. The number of fused-ring (bicyclic) bond motifs is 1. The largest absolute Gasteiger partial charge is 0.381 e. The number of nitrogens with zero attached hydrogens (tertiary/aromatic N) is 2. The van der Waals surface area contributed by atoms with Crippen molar-refractivity contribution in [1.82, 2.24) is 9.97 Å². The third-order valence-corrected chi connectivity index (χ3v) is 3.37. The first-order chi connectivity index (χ1) is 9.72. The van der Waals surface area contributed by atoms with E-state index in [0.717, 1.165) is 23.3 Å². The highest BCUT2D eigenvalue weighted by Gasteiger charge is 1.99. The summed E-state index contributed by atoms with van der Waals surface area (Å²) in [6.07, 6.45) is 1.72. The molecule has 20 heavy (non-hydrogen) atoms. The summed E-state index contributed by atoms with van der Waals surface area (Å²) in [6, 6.07) is 14.7. The number of hydrogen-bond acceptors (Lipinski definition) is 3. The predicted molar refractivity (Wildman–Crippen MR) is 84.2 cm³/mol. The van der Waals surface area contributed by atoms with Crippen LogP contribution in [0, 0.1) is 0 Å². The van der Waals surface area contributed by atoms with E-state index in [1.165, 1.54) is 11.3 Å². The van der Waals surface area contributed by atoms with Crippen molar-refractivity contribution >= 4 is 22.4 Å². The Morgan fingerprint density at radius 1 is 1.10 bits per heavy atom. The zero-order valence-corrected chi connectivity index (χ0v) is 11.7. The first-order valence-electron chi connectivity index (χ1n) is 6.66. The molecule has 2 aromatic carbocycles. The molecule has 0 aliphatic carbocycles. The molecule has 0 aliphatic heterocycles. The van der Waals surface area contributed by atoms with E-state index in [2.05, 4.69) is 56.6 Å². The van der Waals surface area contributed by atoms with E-state index < -0.39 is 0 Å². The number of rotatable bonds is 4. The van der Waals surface area contributed by atoms with Gasteiger partial charge in [0.15, 0.2) is 0 Å². The van der Waals surface area contributed by atoms with Gasteiger partial charge >= 0.3 is 0 Å². The van der Waals surface area contributed by atoms with Crippen LogP contribution in [0.1, 0.15) is 5.56 Å². The molecule has 0 bridgehead atoms. The topological polar surface area (TPSA) is 44.0 Å². The Morgan fingerprint density at radius 2 is 1.90 bits per heavy atom. The Balaban J connectivity index is 1.69. The Morgan fingerprint density at radius 3 is 2.65 bits per heavy atom. The Kier molecular flexibility index (Phi) is 3.29. The van der Waals surface area contributed by atoms with Crippen LogP contribution in [0.5, 0.6) is 0 Å². The number of aromatic nitrogens is 2. The molecule has 0 saturated carbocycles. The molecule has 0 radical (unpaired) electrons. The van der Waals surface area contributed by atoms with Crippen LogP contribution in [0.3, 0.4) is 0 Å². The van der Waals surface area contributed by atoms with Crippen molar-refractivity contribution in [1.29, 1.82) is 0 Å². The molecule has 1 heterocycles. The van der Waals surface area contributed by atoms with Crippen LogP contribution in [-0.2, 0) is 6.54 Å². The van der Waals surface area contributed by atoms with Gasteiger partial charge in [0.1, 0.15) is 0 Å². The number of H-pyrrole nitrogens is 1. The quantitative estimate of drug-likeness (QED) is 0.762. The van der Waals surface area contributed by atoms with Gasteiger partial charge in [0, 0.05) is 32.0 Å². The van der Waals surface area contributed by atoms with Gasteiger partial charge in [0.05, 0.1) is 17.4 Å². The first kappa shape index (κ1) is 12.5. The smallest absolute Gasteiger partial charge is 0.0931 e. The van der Waals surface area contributed by atoms with Crippen LogP contribution in [-0.4, -0.2) is 24.1 Å². The highest BCUT2D eigenvalue weighted by atomic mass is 15.1. The Labute approximate surface area is 118 Å². The average molecular weight is 266 g/mol. The van der Waals surface area contributed by atoms with E-state index in [9.17, 15) is 0 Å². The van der Waals surface area contributed by atoms with E-state index in [1.54, 1.807) is 6.33 Å². The molecule has 0 amide bonds. The molecule has 102 valence electrons. The van der Waals surface area contributed by atoms with E-state index >= 15 is 0 Å². The second-order valence-corrected chi connectivity index (χ2v) is 5.05. The van der Waals surface area contributed by atoms with E-state index in [0.29, 0.717) is 0 Å². The lowest BCUT2D eigenvalue weighted by atomic mass is 10.2. The van der Waals surface area contributed by atoms with Gasteiger partial charge in [-0.2, -0.15) is 0 Å². The van der Waals surface area contributed by atoms with Crippen molar-refractivity contribution in [2.75, 3.05) is 24.3 Å². The maximum absolute atomic E-state index is 4.22. The third-order valence-electron chi connectivity index (χ3n) is 3.37. The van der Waals surface area contributed by atoms with E-state index in [4.69, 9.17) is 0 Å². The highest BCUT2D eigenvalue weighted by molar-refractivity contribution is 5.78. The fourth-order valence-electron chi connectivity index (χ4n) is 2.16. The molecule has 1 aromatic heterocycles. The zero-order valence-electron chi connectivity index (χ0n) is 11.7. The molecule has 4 nitrogen and oxygen atoms in total. The number of benzene rings is 2. The number of nitrogens with one attached hydrogen (secondary N) is 2. The van der Waals surface area contributed by atoms with Crippen molar-refractivity contribution in [3.8, 4) is 0 Å². The van der Waals surface area contributed by atoms with Crippen LogP contribution in [0.25, 0.3) is 11.0 Å². The maximum Gasteiger partial charge on any atom is 0.0931 e. The summed E-state index contributed by atoms with van der Waals surface area (Å²) < 4.78 is 0. The summed E-state index contributed by atoms with van der Waals surface area (Å²) in [5, 5.41) is 3.43. The van der Waals surface area contributed by atoms with Crippen LogP contribution in [0.15, 0.2) is 48.8 Å². The van der Waals surface area contributed by atoms with Gasteiger partial charge in [-0.3, -0.25) is 0 Å². The van der Waals surface area contributed by atoms with Gasteiger partial charge < -0.3 is 15.2 Å². The summed E-state index contributed by atoms with van der Waals surface area (Å²) in [4.78, 5) is 9.44. The summed E-state index contributed by atoms with van der Waals surface area (Å²) in [5.41, 5.74) is 5.62. The van der Waals surface area contributed by atoms with Gasteiger partial charge in [0.2, 0.25) is 0 Å². The predicted octanol–water partition coefficient (Wildman–Crippen LogP) is 3.24. The van der Waals surface area contributed by atoms with Crippen LogP contribution < -0.4 is 10.2 Å². The Bertz CT molecular complexity index is 698. The molecule has 3 rings (SSSR count). The van der Waals surface area contributed by atoms with Gasteiger partial charge in [-0.1, -0.05) is 12.1 Å². The number of imidazole rings is 1. The summed E-state index contributed by atoms with van der Waals surface area (Å²) in [5.74, 6) is 0. The standard InChI is InChI=1S/C16H18N4/c1-20(2)14-6-3-12(4-7-14)10-17-13-5-8-15-16(9-13)19-11-18-15/h3-9,11,17H,10H2,1-2H3,(H,18,19). The normalized spacial score (nSPS) is 10.7. The molecule has 0 saturated heterocycles. The molecule has 2 N–H and O–H groups in total. The monoisotopic (exact) mass is 266 g/mol. The van der Waals surface area contributed by atoms with Gasteiger partial charge in [-0.25, -0.2) is 4.98 Å². The lowest BCUT2D eigenvalue weighted by Crippen LogP contribution is -2.08. The zero-order chi connectivity index (χ0) is 13.9. The van der Waals surface area contributed by atoms with E-state index in [-0.39, 0.29) is 0 Å². The SMILES string of the molecule is CN(C)c1ccc(CNc2ccc3nc[nH]c3c2)cc1. The van der Waals surface area contributed by atoms with Crippen LogP contribution in [0.2, 0.25) is 0 Å². The number of aromatic amines is 1. The van der Waals surface area contributed by atoms with Crippen molar-refractivity contribution in [2.45, 2.75) is 6.54 Å². The molecular weight excluding hydrogens is 248 g/mol. The average Bonchev–Trinajstić information content (AvgIpc) is 2.93. The summed E-state index contributed by atoms with van der Waals surface area (Å²) in [7, 11) is 4.10. The van der Waals surface area contributed by atoms with E-state index in [1.807, 2.05) is 20.2 Å². The Hall–Kier alpha value is -2.49. The molecule has 0 aliphatic rings. The molecule has 0 unspecified atom stereocenters. The molecule has 0 spiro atoms. The molecule has 3 aromatic rings. The van der Waals surface area contributed by atoms with Gasteiger partial charge in [0.25, 0.3) is 0 Å². The minimum Gasteiger partial charge on any atom is -0.381 e. The molecule has 4 heteroatoms. The fourth-order valence-corrected chi connectivity index (χ4v) is 2.16. The van der Waals surface area contributed by atoms with Crippen molar-refractivity contribution in [3.05, 3.63) is 54.4 Å². The summed E-state index contributed by atoms with van der Waals surface area (Å²) >= 11 is 0. The summed E-state index contributed by atoms with van der Waals surface area (Å²) in [6.45, 7) is 0.813.